The van der Waals surface area contributed by atoms with Crippen LogP contribution in [0.4, 0.5) is 0 Å². The van der Waals surface area contributed by atoms with Gasteiger partial charge in [0.1, 0.15) is 5.57 Å². The van der Waals surface area contributed by atoms with E-state index in [2.05, 4.69) is 0 Å². The predicted molar refractivity (Wildman–Crippen MR) is 76.7 cm³/mol. The summed E-state index contributed by atoms with van der Waals surface area (Å²) in [5.74, 6) is -0.621. The van der Waals surface area contributed by atoms with Gasteiger partial charge in [-0.3, -0.25) is 9.00 Å². The number of esters is 1. The highest BCUT2D eigenvalue weighted by atomic mass is 32.2. The molecule has 5 heteroatoms. The van der Waals surface area contributed by atoms with Crippen LogP contribution in [0, 0.1) is 0 Å². The summed E-state index contributed by atoms with van der Waals surface area (Å²) in [6.07, 6.45) is 2.20. The smallest absolute Gasteiger partial charge is 0.342 e. The SMILES string of the molecule is COC(=O)/C(C(=O)c1ccccc1)=C1\CCCCS1=O. The van der Waals surface area contributed by atoms with Crippen LogP contribution in [0.1, 0.15) is 29.6 Å². The number of ketones is 1. The van der Waals surface area contributed by atoms with Crippen molar-refractivity contribution in [1.29, 1.82) is 0 Å². The number of Topliss-reactive ketones (excluding diaryl/α,β-unsaturated/α-hetero) is 1. The highest BCUT2D eigenvalue weighted by molar-refractivity contribution is 7.89. The number of hydrogen-bond acceptors (Lipinski definition) is 4. The summed E-state index contributed by atoms with van der Waals surface area (Å²) >= 11 is 0. The standard InChI is InChI=1S/C15H16O4S/c1-19-15(17)13(12-9-5-6-10-20(12)18)14(16)11-7-3-2-4-8-11/h2-4,7-8H,5-6,9-10H2,1H3/b13-12+. The Morgan fingerprint density at radius 2 is 1.85 bits per heavy atom. The monoisotopic (exact) mass is 292 g/mol. The molecule has 20 heavy (non-hydrogen) atoms. The lowest BCUT2D eigenvalue weighted by Gasteiger charge is -2.17. The Labute approximate surface area is 120 Å². The fraction of sp³-hybridized carbons (Fsp3) is 0.333. The van der Waals surface area contributed by atoms with E-state index < -0.39 is 22.6 Å². The fourth-order valence-electron chi connectivity index (χ4n) is 2.16. The molecule has 2 rings (SSSR count). The second-order valence-corrected chi connectivity index (χ2v) is 6.08. The van der Waals surface area contributed by atoms with E-state index in [4.69, 9.17) is 4.74 Å². The molecule has 1 aliphatic rings. The van der Waals surface area contributed by atoms with Gasteiger partial charge in [-0.25, -0.2) is 4.79 Å². The highest BCUT2D eigenvalue weighted by Crippen LogP contribution is 2.26. The summed E-state index contributed by atoms with van der Waals surface area (Å²) in [5.41, 5.74) is 0.347. The molecule has 1 aromatic rings. The number of carbonyl (C=O) groups is 2. The lowest BCUT2D eigenvalue weighted by atomic mass is 10.0. The van der Waals surface area contributed by atoms with E-state index in [0.717, 1.165) is 12.8 Å². The molecule has 0 aliphatic carbocycles. The van der Waals surface area contributed by atoms with Gasteiger partial charge in [0.15, 0.2) is 0 Å². The average molecular weight is 292 g/mol. The van der Waals surface area contributed by atoms with Gasteiger partial charge < -0.3 is 4.74 Å². The molecule has 1 atom stereocenters. The minimum atomic E-state index is -1.27. The van der Waals surface area contributed by atoms with Crippen molar-refractivity contribution >= 4 is 22.6 Å². The van der Waals surface area contributed by atoms with Gasteiger partial charge >= 0.3 is 5.97 Å². The molecule has 0 N–H and O–H groups in total. The molecule has 4 nitrogen and oxygen atoms in total. The lowest BCUT2D eigenvalue weighted by Crippen LogP contribution is -2.21. The van der Waals surface area contributed by atoms with E-state index in [0.29, 0.717) is 22.6 Å². The number of methoxy groups -OCH3 is 1. The van der Waals surface area contributed by atoms with Crippen LogP contribution < -0.4 is 0 Å². The molecule has 0 bridgehead atoms. The van der Waals surface area contributed by atoms with Gasteiger partial charge in [-0.2, -0.15) is 0 Å². The molecule has 0 radical (unpaired) electrons. The summed E-state index contributed by atoms with van der Waals surface area (Å²) in [4.78, 5) is 24.9. The van der Waals surface area contributed by atoms with Crippen molar-refractivity contribution in [1.82, 2.24) is 0 Å². The van der Waals surface area contributed by atoms with E-state index in [9.17, 15) is 13.8 Å². The van der Waals surface area contributed by atoms with Crippen LogP contribution in [0.25, 0.3) is 0 Å². The van der Waals surface area contributed by atoms with Gasteiger partial charge in [-0.05, 0) is 19.3 Å². The Kier molecular flexibility index (Phi) is 4.84. The van der Waals surface area contributed by atoms with Gasteiger partial charge in [0.25, 0.3) is 0 Å². The molecule has 1 aromatic carbocycles. The molecule has 1 fully saturated rings. The van der Waals surface area contributed by atoms with E-state index in [-0.39, 0.29) is 5.57 Å². The number of allylic oxidation sites excluding steroid dienone is 1. The largest absolute Gasteiger partial charge is 0.465 e. The third-order valence-corrected chi connectivity index (χ3v) is 4.81. The van der Waals surface area contributed by atoms with E-state index in [1.54, 1.807) is 30.3 Å². The number of ether oxygens (including phenoxy) is 1. The maximum Gasteiger partial charge on any atom is 0.342 e. The van der Waals surface area contributed by atoms with Crippen LogP contribution >= 0.6 is 0 Å². The summed E-state index contributed by atoms with van der Waals surface area (Å²) < 4.78 is 16.8. The molecular weight excluding hydrogens is 276 g/mol. The Morgan fingerprint density at radius 3 is 2.45 bits per heavy atom. The summed E-state index contributed by atoms with van der Waals surface area (Å²) in [6.45, 7) is 0. The predicted octanol–water partition coefficient (Wildman–Crippen LogP) is 2.23. The summed E-state index contributed by atoms with van der Waals surface area (Å²) in [6, 6.07) is 8.52. The number of hydrogen-bond donors (Lipinski definition) is 0. The minimum Gasteiger partial charge on any atom is -0.465 e. The van der Waals surface area contributed by atoms with Gasteiger partial charge in [-0.1, -0.05) is 30.3 Å². The second kappa shape index (κ2) is 6.61. The molecule has 106 valence electrons. The van der Waals surface area contributed by atoms with Crippen molar-refractivity contribution in [2.24, 2.45) is 0 Å². The first kappa shape index (κ1) is 14.7. The third-order valence-electron chi connectivity index (χ3n) is 3.19. The molecule has 0 amide bonds. The molecule has 0 spiro atoms. The van der Waals surface area contributed by atoms with Crippen LogP contribution in [0.3, 0.4) is 0 Å². The topological polar surface area (TPSA) is 60.4 Å². The van der Waals surface area contributed by atoms with Crippen LogP contribution in [0.2, 0.25) is 0 Å². The maximum absolute atomic E-state index is 12.5. The average Bonchev–Trinajstić information content (AvgIpc) is 2.50. The van der Waals surface area contributed by atoms with Crippen molar-refractivity contribution in [3.05, 3.63) is 46.4 Å². The second-order valence-electron chi connectivity index (χ2n) is 4.49. The van der Waals surface area contributed by atoms with E-state index in [1.807, 2.05) is 0 Å². The molecule has 0 saturated carbocycles. The van der Waals surface area contributed by atoms with Crippen LogP contribution in [-0.2, 0) is 20.3 Å². The molecular formula is C15H16O4S. The molecule has 1 saturated heterocycles. The quantitative estimate of drug-likeness (QED) is 0.282. The van der Waals surface area contributed by atoms with Crippen molar-refractivity contribution in [3.8, 4) is 0 Å². The van der Waals surface area contributed by atoms with Crippen LogP contribution in [0.15, 0.2) is 40.8 Å². The van der Waals surface area contributed by atoms with Gasteiger partial charge in [-0.15, -0.1) is 0 Å². The van der Waals surface area contributed by atoms with Gasteiger partial charge in [0.2, 0.25) is 5.78 Å². The maximum atomic E-state index is 12.5. The fourth-order valence-corrected chi connectivity index (χ4v) is 3.65. The number of rotatable bonds is 3. The first-order valence-corrected chi connectivity index (χ1v) is 7.76. The van der Waals surface area contributed by atoms with Gasteiger partial charge in [0, 0.05) is 27.0 Å². The van der Waals surface area contributed by atoms with Crippen molar-refractivity contribution in [2.45, 2.75) is 19.3 Å². The van der Waals surface area contributed by atoms with Crippen molar-refractivity contribution in [2.75, 3.05) is 12.9 Å². The zero-order valence-electron chi connectivity index (χ0n) is 11.3. The van der Waals surface area contributed by atoms with Crippen molar-refractivity contribution < 1.29 is 18.5 Å². The molecule has 1 heterocycles. The Bertz CT molecular complexity index is 575. The zero-order valence-corrected chi connectivity index (χ0v) is 12.1. The normalized spacial score (nSPS) is 21.1. The first-order valence-electron chi connectivity index (χ1n) is 6.44. The van der Waals surface area contributed by atoms with Crippen LogP contribution in [0.5, 0.6) is 0 Å². The van der Waals surface area contributed by atoms with E-state index >= 15 is 0 Å². The molecule has 1 unspecified atom stereocenters. The first-order chi connectivity index (χ1) is 9.65. The Morgan fingerprint density at radius 1 is 1.15 bits per heavy atom. The highest BCUT2D eigenvalue weighted by Gasteiger charge is 2.29. The minimum absolute atomic E-state index is 0.0586. The van der Waals surface area contributed by atoms with Crippen molar-refractivity contribution in [3.63, 3.8) is 0 Å². The summed E-state index contributed by atoms with van der Waals surface area (Å²) in [5, 5.41) is 0. The van der Waals surface area contributed by atoms with Crippen LogP contribution in [-0.4, -0.2) is 28.8 Å². The molecule has 0 aromatic heterocycles. The molecule has 1 aliphatic heterocycles. The third kappa shape index (κ3) is 3.04. The summed E-state index contributed by atoms with van der Waals surface area (Å²) in [7, 11) is -0.0375. The Hall–Kier alpha value is -1.75. The van der Waals surface area contributed by atoms with Gasteiger partial charge in [0.05, 0.1) is 7.11 Å². The lowest BCUT2D eigenvalue weighted by molar-refractivity contribution is -0.135. The zero-order chi connectivity index (χ0) is 14.5. The van der Waals surface area contributed by atoms with E-state index in [1.165, 1.54) is 7.11 Å². The number of carbonyl (C=O) groups excluding carboxylic acids is 2. The Balaban J connectivity index is 2.48. The number of benzene rings is 1.